The van der Waals surface area contributed by atoms with Gasteiger partial charge in [-0.2, -0.15) is 0 Å². The molecule has 0 fully saturated rings. The van der Waals surface area contributed by atoms with E-state index in [0.29, 0.717) is 28.9 Å². The van der Waals surface area contributed by atoms with Crippen LogP contribution in [0, 0.1) is 6.92 Å². The van der Waals surface area contributed by atoms with Gasteiger partial charge < -0.3 is 14.9 Å². The van der Waals surface area contributed by atoms with Crippen molar-refractivity contribution in [3.05, 3.63) is 51.4 Å². The van der Waals surface area contributed by atoms with Crippen LogP contribution in [0.1, 0.15) is 17.1 Å². The summed E-state index contributed by atoms with van der Waals surface area (Å²) >= 11 is 11.8. The normalized spacial score (nSPS) is 10.7. The molecule has 0 spiro atoms. The van der Waals surface area contributed by atoms with Crippen molar-refractivity contribution in [1.29, 1.82) is 0 Å². The van der Waals surface area contributed by atoms with Crippen LogP contribution in [0.2, 0.25) is 10.0 Å². The van der Waals surface area contributed by atoms with Gasteiger partial charge in [-0.15, -0.1) is 0 Å². The van der Waals surface area contributed by atoms with Gasteiger partial charge in [0.05, 0.1) is 5.02 Å². The first kappa shape index (κ1) is 13.3. The van der Waals surface area contributed by atoms with Gasteiger partial charge in [-0.25, -0.2) is 0 Å². The highest BCUT2D eigenvalue weighted by atomic mass is 35.5. The lowest BCUT2D eigenvalue weighted by atomic mass is 10.2. The van der Waals surface area contributed by atoms with Gasteiger partial charge in [0.25, 0.3) is 0 Å². The molecule has 0 bridgehead atoms. The molecule has 0 aliphatic heterocycles. The number of halogens is 2. The van der Waals surface area contributed by atoms with Crippen molar-refractivity contribution in [2.24, 2.45) is 5.73 Å². The molecular formula is C13H13Cl2NO2. The Hall–Kier alpha value is -1.16. The van der Waals surface area contributed by atoms with Gasteiger partial charge in [0, 0.05) is 17.1 Å². The van der Waals surface area contributed by atoms with E-state index in [1.165, 1.54) is 0 Å². The van der Waals surface area contributed by atoms with Crippen molar-refractivity contribution in [2.75, 3.05) is 0 Å². The van der Waals surface area contributed by atoms with Crippen LogP contribution in [0.15, 0.2) is 28.7 Å². The van der Waals surface area contributed by atoms with Crippen molar-refractivity contribution in [2.45, 2.75) is 20.1 Å². The Labute approximate surface area is 115 Å². The molecule has 0 amide bonds. The first-order valence-corrected chi connectivity index (χ1v) is 6.22. The zero-order chi connectivity index (χ0) is 13.1. The number of rotatable bonds is 4. The second kappa shape index (κ2) is 5.65. The van der Waals surface area contributed by atoms with E-state index in [4.69, 9.17) is 38.1 Å². The maximum Gasteiger partial charge on any atom is 0.146 e. The van der Waals surface area contributed by atoms with E-state index in [2.05, 4.69) is 0 Å². The molecule has 0 saturated carbocycles. The first-order valence-electron chi connectivity index (χ1n) is 5.46. The number of hydrogen-bond acceptors (Lipinski definition) is 3. The Bertz CT molecular complexity index is 552. The highest BCUT2D eigenvalue weighted by molar-refractivity contribution is 6.35. The standard InChI is InChI=1S/C13H13Cl2NO2/c1-8-9(6-16)4-11(18-8)7-17-13-3-2-10(14)5-12(13)15/h2-5H,6-7,16H2,1H3. The van der Waals surface area contributed by atoms with Crippen LogP contribution in [0.25, 0.3) is 0 Å². The first-order chi connectivity index (χ1) is 8.60. The largest absolute Gasteiger partial charge is 0.484 e. The SMILES string of the molecule is Cc1oc(COc2ccc(Cl)cc2Cl)cc1CN. The van der Waals surface area contributed by atoms with Crippen molar-refractivity contribution in [1.82, 2.24) is 0 Å². The lowest BCUT2D eigenvalue weighted by Gasteiger charge is -2.06. The number of hydrogen-bond donors (Lipinski definition) is 1. The summed E-state index contributed by atoms with van der Waals surface area (Å²) in [4.78, 5) is 0. The molecule has 1 aromatic carbocycles. The van der Waals surface area contributed by atoms with Gasteiger partial charge in [0.15, 0.2) is 0 Å². The summed E-state index contributed by atoms with van der Waals surface area (Å²) in [5.74, 6) is 2.11. The Kier molecular flexibility index (Phi) is 4.17. The van der Waals surface area contributed by atoms with Crippen LogP contribution in [0.3, 0.4) is 0 Å². The molecule has 0 unspecified atom stereocenters. The maximum absolute atomic E-state index is 6.00. The van der Waals surface area contributed by atoms with Crippen molar-refractivity contribution < 1.29 is 9.15 Å². The Morgan fingerprint density at radius 1 is 1.28 bits per heavy atom. The quantitative estimate of drug-likeness (QED) is 0.926. The summed E-state index contributed by atoms with van der Waals surface area (Å²) in [6, 6.07) is 6.97. The van der Waals surface area contributed by atoms with Gasteiger partial charge in [-0.3, -0.25) is 0 Å². The number of benzene rings is 1. The van der Waals surface area contributed by atoms with E-state index in [1.807, 2.05) is 13.0 Å². The third-order valence-electron chi connectivity index (χ3n) is 2.56. The predicted molar refractivity (Wildman–Crippen MR) is 72.1 cm³/mol. The molecule has 2 N–H and O–H groups in total. The Morgan fingerprint density at radius 2 is 2.06 bits per heavy atom. The summed E-state index contributed by atoms with van der Waals surface area (Å²) in [5.41, 5.74) is 6.56. The number of nitrogens with two attached hydrogens (primary N) is 1. The highest BCUT2D eigenvalue weighted by Crippen LogP contribution is 2.28. The van der Waals surface area contributed by atoms with Gasteiger partial charge in [-0.1, -0.05) is 23.2 Å². The molecule has 96 valence electrons. The fourth-order valence-corrected chi connectivity index (χ4v) is 2.07. The van der Waals surface area contributed by atoms with Crippen LogP contribution in [0.4, 0.5) is 0 Å². The predicted octanol–water partition coefficient (Wildman–Crippen LogP) is 3.93. The lowest BCUT2D eigenvalue weighted by Crippen LogP contribution is -1.96. The fourth-order valence-electron chi connectivity index (χ4n) is 1.60. The summed E-state index contributed by atoms with van der Waals surface area (Å²) in [6.45, 7) is 2.64. The average Bonchev–Trinajstić information content (AvgIpc) is 2.69. The van der Waals surface area contributed by atoms with E-state index in [-0.39, 0.29) is 0 Å². The maximum atomic E-state index is 6.00. The summed E-state index contributed by atoms with van der Waals surface area (Å²) in [6.07, 6.45) is 0. The molecule has 2 aromatic rings. The third-order valence-corrected chi connectivity index (χ3v) is 3.09. The molecule has 1 heterocycles. The molecule has 0 atom stereocenters. The molecule has 0 aliphatic rings. The molecule has 18 heavy (non-hydrogen) atoms. The molecule has 0 radical (unpaired) electrons. The fraction of sp³-hybridized carbons (Fsp3) is 0.231. The smallest absolute Gasteiger partial charge is 0.146 e. The van der Waals surface area contributed by atoms with Gasteiger partial charge in [0.1, 0.15) is 23.9 Å². The van der Waals surface area contributed by atoms with Gasteiger partial charge in [0.2, 0.25) is 0 Å². The minimum Gasteiger partial charge on any atom is -0.484 e. The van der Waals surface area contributed by atoms with Crippen molar-refractivity contribution in [3.63, 3.8) is 0 Å². The van der Waals surface area contributed by atoms with Gasteiger partial charge in [-0.05, 0) is 31.2 Å². The topological polar surface area (TPSA) is 48.4 Å². The second-order valence-electron chi connectivity index (χ2n) is 3.86. The summed E-state index contributed by atoms with van der Waals surface area (Å²) in [5, 5.41) is 1.05. The van der Waals surface area contributed by atoms with Crippen LogP contribution in [-0.4, -0.2) is 0 Å². The lowest BCUT2D eigenvalue weighted by molar-refractivity contribution is 0.267. The minimum absolute atomic E-state index is 0.308. The number of furan rings is 1. The Morgan fingerprint density at radius 3 is 2.67 bits per heavy atom. The molecule has 5 heteroatoms. The Balaban J connectivity index is 2.06. The molecule has 3 nitrogen and oxygen atoms in total. The summed E-state index contributed by atoms with van der Waals surface area (Å²) < 4.78 is 11.1. The van der Waals surface area contributed by atoms with E-state index < -0.39 is 0 Å². The molecular weight excluding hydrogens is 273 g/mol. The third kappa shape index (κ3) is 2.99. The van der Waals surface area contributed by atoms with Crippen molar-refractivity contribution >= 4 is 23.2 Å². The number of aryl methyl sites for hydroxylation is 1. The molecule has 1 aromatic heterocycles. The number of ether oxygens (including phenoxy) is 1. The molecule has 0 saturated heterocycles. The minimum atomic E-state index is 0.308. The molecule has 2 rings (SSSR count). The molecule has 0 aliphatic carbocycles. The van der Waals surface area contributed by atoms with E-state index in [1.54, 1.807) is 18.2 Å². The monoisotopic (exact) mass is 285 g/mol. The van der Waals surface area contributed by atoms with Crippen LogP contribution in [-0.2, 0) is 13.2 Å². The van der Waals surface area contributed by atoms with Crippen molar-refractivity contribution in [3.8, 4) is 5.75 Å². The van der Waals surface area contributed by atoms with Crippen LogP contribution in [0.5, 0.6) is 5.75 Å². The zero-order valence-electron chi connectivity index (χ0n) is 9.87. The van der Waals surface area contributed by atoms with E-state index in [0.717, 1.165) is 17.1 Å². The van der Waals surface area contributed by atoms with E-state index in [9.17, 15) is 0 Å². The zero-order valence-corrected chi connectivity index (χ0v) is 11.4. The average molecular weight is 286 g/mol. The van der Waals surface area contributed by atoms with Gasteiger partial charge >= 0.3 is 0 Å². The van der Waals surface area contributed by atoms with Crippen LogP contribution >= 0.6 is 23.2 Å². The van der Waals surface area contributed by atoms with Crippen LogP contribution < -0.4 is 10.5 Å². The second-order valence-corrected chi connectivity index (χ2v) is 4.71. The summed E-state index contributed by atoms with van der Waals surface area (Å²) in [7, 11) is 0. The highest BCUT2D eigenvalue weighted by Gasteiger charge is 2.08. The van der Waals surface area contributed by atoms with E-state index >= 15 is 0 Å².